The number of esters is 1. The number of carbonyl (C=O) groups is 2. The van der Waals surface area contributed by atoms with E-state index in [4.69, 9.17) is 9.47 Å². The van der Waals surface area contributed by atoms with Crippen molar-refractivity contribution in [2.75, 3.05) is 13.2 Å². The van der Waals surface area contributed by atoms with Crippen molar-refractivity contribution in [1.82, 2.24) is 0 Å². The predicted octanol–water partition coefficient (Wildman–Crippen LogP) is 3.29. The average molecular weight is 589 g/mol. The van der Waals surface area contributed by atoms with Gasteiger partial charge in [0.1, 0.15) is 19.0 Å². The smallest absolute Gasteiger partial charge is 0.475 e. The first-order valence-corrected chi connectivity index (χ1v) is 10.3. The molecule has 2 rings (SSSR count). The van der Waals surface area contributed by atoms with Gasteiger partial charge < -0.3 is 28.6 Å². The molecule has 0 aromatic heterocycles. The number of aryl methyl sites for hydroxylation is 1. The lowest BCUT2D eigenvalue weighted by atomic mass is 9.99. The van der Waals surface area contributed by atoms with Crippen LogP contribution in [0.3, 0.4) is 0 Å². The number of hydrogen-bond acceptors (Lipinski definition) is 12. The molecule has 14 nitrogen and oxygen atoms in total. The van der Waals surface area contributed by atoms with Crippen molar-refractivity contribution in [2.45, 2.75) is 38.5 Å². The molecule has 0 saturated carbocycles. The zero-order valence-electron chi connectivity index (χ0n) is 18.2. The topological polar surface area (TPSA) is 176 Å². The summed E-state index contributed by atoms with van der Waals surface area (Å²) >= 11 is 3.19. The largest absolute Gasteiger partial charge is 0.511 e. The quantitative estimate of drug-likeness (QED) is 0.169. The van der Waals surface area contributed by atoms with E-state index in [1.165, 1.54) is 19.1 Å². The maximum atomic E-state index is 13.6. The Labute approximate surface area is 207 Å². The number of halogens is 4. The van der Waals surface area contributed by atoms with Crippen molar-refractivity contribution in [3.8, 4) is 5.75 Å². The van der Waals surface area contributed by atoms with Crippen LogP contribution in [0.15, 0.2) is 22.2 Å². The Balaban J connectivity index is 2.11. The van der Waals surface area contributed by atoms with Gasteiger partial charge in [0.15, 0.2) is 6.10 Å². The van der Waals surface area contributed by atoms with Crippen molar-refractivity contribution in [3.63, 3.8) is 0 Å². The Morgan fingerprint density at radius 3 is 2.22 bits per heavy atom. The summed E-state index contributed by atoms with van der Waals surface area (Å²) in [5.41, 5.74) is -0.414. The second kappa shape index (κ2) is 11.7. The van der Waals surface area contributed by atoms with Crippen molar-refractivity contribution >= 4 is 34.1 Å². The van der Waals surface area contributed by atoms with Gasteiger partial charge in [0.25, 0.3) is 10.2 Å². The Morgan fingerprint density at radius 1 is 1.11 bits per heavy atom. The predicted molar refractivity (Wildman–Crippen MR) is 110 cm³/mol. The fraction of sp³-hybridized carbons (Fsp3) is 0.444. The zero-order valence-corrected chi connectivity index (χ0v) is 19.8. The maximum absolute atomic E-state index is 13.6. The minimum atomic E-state index is -5.01. The molecule has 0 radical (unpaired) electrons. The highest BCUT2D eigenvalue weighted by atomic mass is 79.9. The van der Waals surface area contributed by atoms with Gasteiger partial charge in [-0.1, -0.05) is 15.9 Å². The summed E-state index contributed by atoms with van der Waals surface area (Å²) in [4.78, 5) is 52.8. The first-order chi connectivity index (χ1) is 16.7. The Hall–Kier alpha value is -3.83. The highest BCUT2D eigenvalue weighted by molar-refractivity contribution is 9.10. The number of alkyl halides is 3. The van der Waals surface area contributed by atoms with E-state index in [9.17, 15) is 43.0 Å². The summed E-state index contributed by atoms with van der Waals surface area (Å²) in [6.07, 6.45) is -11.9. The molecule has 0 fully saturated rings. The normalized spacial score (nSPS) is 15.5. The van der Waals surface area contributed by atoms with E-state index < -0.39 is 65.8 Å². The van der Waals surface area contributed by atoms with E-state index in [0.29, 0.717) is 10.0 Å². The summed E-state index contributed by atoms with van der Waals surface area (Å²) in [7, 11) is 0. The third-order valence-corrected chi connectivity index (χ3v) is 4.62. The maximum Gasteiger partial charge on any atom is 0.511 e. The van der Waals surface area contributed by atoms with Crippen LogP contribution in [-0.4, -0.2) is 60.2 Å². The van der Waals surface area contributed by atoms with Gasteiger partial charge in [0, 0.05) is 17.0 Å². The SMILES string of the molecule is Cc1cc(Br)cc2c1O[C@H](C(F)(F)F)C(C(=O)OC(C)OC(=O)OC(CO[N+](=O)[O-])CO[N+](=O)[O-])=C2. The molecule has 1 aromatic carbocycles. The van der Waals surface area contributed by atoms with E-state index in [1.54, 1.807) is 0 Å². The third-order valence-electron chi connectivity index (χ3n) is 4.16. The van der Waals surface area contributed by atoms with Crippen molar-refractivity contribution in [1.29, 1.82) is 0 Å². The molecule has 0 saturated heterocycles. The van der Waals surface area contributed by atoms with E-state index in [0.717, 1.165) is 13.0 Å². The molecule has 36 heavy (non-hydrogen) atoms. The number of rotatable bonds is 10. The van der Waals surface area contributed by atoms with Crippen LogP contribution in [0, 0.1) is 27.2 Å². The molecule has 1 aliphatic heterocycles. The van der Waals surface area contributed by atoms with Crippen LogP contribution in [0.1, 0.15) is 18.1 Å². The van der Waals surface area contributed by atoms with Gasteiger partial charge >= 0.3 is 18.3 Å². The van der Waals surface area contributed by atoms with Crippen LogP contribution in [-0.2, 0) is 28.7 Å². The molecule has 1 unspecified atom stereocenters. The molecule has 1 heterocycles. The van der Waals surface area contributed by atoms with Gasteiger partial charge in [-0.2, -0.15) is 13.2 Å². The molecule has 0 N–H and O–H groups in total. The fourth-order valence-electron chi connectivity index (χ4n) is 2.80. The highest BCUT2D eigenvalue weighted by Gasteiger charge is 2.49. The number of carbonyl (C=O) groups excluding carboxylic acids is 2. The number of nitrogens with zero attached hydrogens (tertiary/aromatic N) is 2. The summed E-state index contributed by atoms with van der Waals surface area (Å²) in [6.45, 7) is 0.513. The zero-order chi connectivity index (χ0) is 27.2. The van der Waals surface area contributed by atoms with Gasteiger partial charge in [-0.05, 0) is 30.7 Å². The molecule has 1 aromatic rings. The van der Waals surface area contributed by atoms with Crippen molar-refractivity contribution in [2.24, 2.45) is 0 Å². The first kappa shape index (κ1) is 28.4. The number of ether oxygens (including phenoxy) is 4. The van der Waals surface area contributed by atoms with Gasteiger partial charge in [-0.3, -0.25) is 0 Å². The lowest BCUT2D eigenvalue weighted by Gasteiger charge is -2.29. The van der Waals surface area contributed by atoms with Gasteiger partial charge in [0.2, 0.25) is 12.4 Å². The first-order valence-electron chi connectivity index (χ1n) is 9.55. The van der Waals surface area contributed by atoms with E-state index >= 15 is 0 Å². The van der Waals surface area contributed by atoms with Crippen LogP contribution in [0.5, 0.6) is 5.75 Å². The molecule has 0 amide bonds. The summed E-state index contributed by atoms with van der Waals surface area (Å²) in [5, 5.41) is 18.0. The van der Waals surface area contributed by atoms with E-state index in [-0.39, 0.29) is 11.3 Å². The van der Waals surface area contributed by atoms with E-state index in [2.05, 4.69) is 35.1 Å². The minimum Gasteiger partial charge on any atom is -0.475 e. The number of benzene rings is 1. The fourth-order valence-corrected chi connectivity index (χ4v) is 3.39. The number of fused-ring (bicyclic) bond motifs is 1. The Kier molecular flexibility index (Phi) is 9.26. The van der Waals surface area contributed by atoms with E-state index in [1.807, 2.05) is 0 Å². The van der Waals surface area contributed by atoms with Crippen LogP contribution in [0.25, 0.3) is 6.08 Å². The summed E-state index contributed by atoms with van der Waals surface area (Å²) in [6, 6.07) is 2.94. The minimum absolute atomic E-state index is 0.0927. The van der Waals surface area contributed by atoms with Crippen molar-refractivity contribution in [3.05, 3.63) is 53.5 Å². The summed E-state index contributed by atoms with van der Waals surface area (Å²) in [5.74, 6) is -1.63. The second-order valence-electron chi connectivity index (χ2n) is 6.90. The van der Waals surface area contributed by atoms with Crippen LogP contribution >= 0.6 is 15.9 Å². The standard InChI is InChI=1S/C18H16BrF3N2O12/c1-8-3-11(19)4-10-5-13(15(18(20,21)22)36-14(8)10)16(25)33-9(2)34-17(26)35-12(6-31-23(27)28)7-32-24(29)30/h3-5,9,12,15H,6-7H2,1-2H3/t9?,15-/m0/s1. The molecule has 1 aliphatic rings. The second-order valence-corrected chi connectivity index (χ2v) is 7.82. The van der Waals surface area contributed by atoms with Crippen LogP contribution < -0.4 is 4.74 Å². The molecular formula is C18H16BrF3N2O12. The molecular weight excluding hydrogens is 573 g/mol. The molecule has 18 heteroatoms. The van der Waals surface area contributed by atoms with Crippen LogP contribution in [0.2, 0.25) is 0 Å². The van der Waals surface area contributed by atoms with Crippen LogP contribution in [0.4, 0.5) is 18.0 Å². The third kappa shape index (κ3) is 8.14. The molecule has 0 bridgehead atoms. The molecule has 2 atom stereocenters. The van der Waals surface area contributed by atoms with Gasteiger partial charge in [-0.25, -0.2) is 9.59 Å². The lowest BCUT2D eigenvalue weighted by molar-refractivity contribution is -0.768. The molecule has 198 valence electrons. The Bertz CT molecular complexity index is 1050. The lowest BCUT2D eigenvalue weighted by Crippen LogP contribution is -2.41. The number of hydrogen-bond donors (Lipinski definition) is 0. The highest BCUT2D eigenvalue weighted by Crippen LogP contribution is 2.40. The molecule has 0 spiro atoms. The monoisotopic (exact) mass is 588 g/mol. The summed E-state index contributed by atoms with van der Waals surface area (Å²) < 4.78 is 60.2. The molecule has 0 aliphatic carbocycles. The average Bonchev–Trinajstić information content (AvgIpc) is 2.73. The van der Waals surface area contributed by atoms with Crippen molar-refractivity contribution < 1.29 is 61.6 Å². The van der Waals surface area contributed by atoms with Gasteiger partial charge in [-0.15, -0.1) is 20.2 Å². The van der Waals surface area contributed by atoms with Gasteiger partial charge in [0.05, 0.1) is 5.57 Å². The Morgan fingerprint density at radius 2 is 1.69 bits per heavy atom.